The minimum atomic E-state index is -0.196. The molecule has 3 nitrogen and oxygen atoms in total. The molecule has 0 saturated carbocycles. The van der Waals surface area contributed by atoms with Crippen molar-refractivity contribution >= 4 is 43.1 Å². The number of ether oxygens (including phenoxy) is 1. The summed E-state index contributed by atoms with van der Waals surface area (Å²) < 4.78 is 6.70. The lowest BCUT2D eigenvalue weighted by Crippen LogP contribution is -2.13. The van der Waals surface area contributed by atoms with Crippen molar-refractivity contribution < 1.29 is 9.53 Å². The number of methoxy groups -OCH3 is 1. The number of carbonyl (C=O) groups is 1. The second-order valence-electron chi connectivity index (χ2n) is 5.08. The Morgan fingerprint density at radius 3 is 2.57 bits per heavy atom. The summed E-state index contributed by atoms with van der Waals surface area (Å²) in [6.45, 7) is 0. The van der Waals surface area contributed by atoms with Gasteiger partial charge >= 0.3 is 0 Å². The van der Waals surface area contributed by atoms with Crippen molar-refractivity contribution in [2.45, 2.75) is 6.42 Å². The minimum Gasteiger partial charge on any atom is -0.497 e. The zero-order chi connectivity index (χ0) is 16.4. The van der Waals surface area contributed by atoms with E-state index < -0.39 is 0 Å². The van der Waals surface area contributed by atoms with E-state index >= 15 is 0 Å². The highest BCUT2D eigenvalue weighted by molar-refractivity contribution is 9.10. The van der Waals surface area contributed by atoms with Gasteiger partial charge in [0.2, 0.25) is 4.74 Å². The Labute approximate surface area is 145 Å². The topological polar surface area (TPSA) is 43.4 Å². The number of rotatable bonds is 4. The van der Waals surface area contributed by atoms with Gasteiger partial charge in [0, 0.05) is 15.6 Å². The van der Waals surface area contributed by atoms with Crippen molar-refractivity contribution in [3.63, 3.8) is 0 Å². The van der Waals surface area contributed by atoms with Gasteiger partial charge in [-0.1, -0.05) is 39.4 Å². The molecule has 1 aromatic heterocycles. The number of Topliss-reactive ketones (excluding diaryl/α,β-unsaturated/α-hetero) is 1. The lowest BCUT2D eigenvalue weighted by atomic mass is 10.0. The van der Waals surface area contributed by atoms with E-state index in [1.165, 1.54) is 0 Å². The Morgan fingerprint density at radius 1 is 1.13 bits per heavy atom. The Kier molecular flexibility index (Phi) is 4.59. The second-order valence-corrected chi connectivity index (χ2v) is 7.01. The van der Waals surface area contributed by atoms with Gasteiger partial charge in [0.15, 0.2) is 5.78 Å². The summed E-state index contributed by atoms with van der Waals surface area (Å²) in [4.78, 5) is 24.7. The molecule has 0 spiro atoms. The normalized spacial score (nSPS) is 10.7. The monoisotopic (exact) mass is 388 g/mol. The van der Waals surface area contributed by atoms with E-state index in [1.54, 1.807) is 25.3 Å². The molecule has 0 aliphatic heterocycles. The van der Waals surface area contributed by atoms with Gasteiger partial charge in [-0.25, -0.2) is 0 Å². The maximum absolute atomic E-state index is 12.5. The van der Waals surface area contributed by atoms with E-state index in [9.17, 15) is 9.59 Å². The van der Waals surface area contributed by atoms with Gasteiger partial charge < -0.3 is 4.74 Å². The summed E-state index contributed by atoms with van der Waals surface area (Å²) in [5.74, 6) is 0.571. The number of carbonyl (C=O) groups excluding carboxylic acids is 1. The number of hydrogen-bond donors (Lipinski definition) is 0. The molecule has 3 aromatic rings. The quantitative estimate of drug-likeness (QED) is 0.619. The summed E-state index contributed by atoms with van der Waals surface area (Å²) in [6.07, 6.45) is 0.200. The van der Waals surface area contributed by atoms with Crippen LogP contribution in [0.15, 0.2) is 57.8 Å². The van der Waals surface area contributed by atoms with Crippen LogP contribution in [0.3, 0.4) is 0 Å². The van der Waals surface area contributed by atoms with E-state index in [0.717, 1.165) is 37.2 Å². The molecule has 0 amide bonds. The van der Waals surface area contributed by atoms with Gasteiger partial charge in [0.25, 0.3) is 0 Å². The third-order valence-corrected chi connectivity index (χ3v) is 5.01. The molecule has 0 saturated heterocycles. The van der Waals surface area contributed by atoms with Gasteiger partial charge in [-0.15, -0.1) is 0 Å². The first-order chi connectivity index (χ1) is 11.1. The Balaban J connectivity index is 1.93. The number of fused-ring (bicyclic) bond motifs is 1. The molecule has 116 valence electrons. The fourth-order valence-electron chi connectivity index (χ4n) is 2.31. The predicted molar refractivity (Wildman–Crippen MR) is 96.8 cm³/mol. The molecule has 0 aliphatic carbocycles. The molecule has 0 N–H and O–H groups in total. The molecule has 3 rings (SSSR count). The van der Waals surface area contributed by atoms with Crippen LogP contribution in [-0.2, 0) is 6.42 Å². The highest BCUT2D eigenvalue weighted by atomic mass is 79.9. The molecule has 1 heterocycles. The van der Waals surface area contributed by atoms with Crippen LogP contribution in [-0.4, -0.2) is 12.9 Å². The van der Waals surface area contributed by atoms with E-state index in [4.69, 9.17) is 4.74 Å². The van der Waals surface area contributed by atoms with Crippen LogP contribution in [0, 0.1) is 0 Å². The first-order valence-corrected chi connectivity index (χ1v) is 8.57. The third-order valence-electron chi connectivity index (χ3n) is 3.52. The molecule has 5 heteroatoms. The van der Waals surface area contributed by atoms with Crippen LogP contribution in [0.5, 0.6) is 5.75 Å². The van der Waals surface area contributed by atoms with E-state index in [1.807, 2.05) is 30.3 Å². The molecule has 2 aromatic carbocycles. The highest BCUT2D eigenvalue weighted by Gasteiger charge is 2.13. The van der Waals surface area contributed by atoms with Crippen LogP contribution in [0.1, 0.15) is 15.9 Å². The van der Waals surface area contributed by atoms with Gasteiger partial charge in [0.1, 0.15) is 5.75 Å². The lowest BCUT2D eigenvalue weighted by Gasteiger charge is -2.04. The smallest absolute Gasteiger partial charge is 0.243 e. The summed E-state index contributed by atoms with van der Waals surface area (Å²) >= 11 is 4.51. The summed E-state index contributed by atoms with van der Waals surface area (Å²) in [7, 11) is 1.60. The summed E-state index contributed by atoms with van der Waals surface area (Å²) in [5, 5.41) is 0.891. The maximum Gasteiger partial charge on any atom is 0.243 e. The van der Waals surface area contributed by atoms with Crippen LogP contribution in [0.4, 0.5) is 0 Å². The van der Waals surface area contributed by atoms with Gasteiger partial charge in [-0.05, 0) is 47.3 Å². The number of hydrogen-bond acceptors (Lipinski definition) is 4. The molecule has 0 fully saturated rings. The average molecular weight is 389 g/mol. The fourth-order valence-corrected chi connectivity index (χ4v) is 3.55. The molecule has 23 heavy (non-hydrogen) atoms. The fraction of sp³-hybridized carbons (Fsp3) is 0.111. The zero-order valence-electron chi connectivity index (χ0n) is 12.3. The molecule has 0 atom stereocenters. The number of halogens is 1. The van der Waals surface area contributed by atoms with E-state index in [-0.39, 0.29) is 22.5 Å². The van der Waals surface area contributed by atoms with Crippen molar-refractivity contribution in [1.82, 2.24) is 0 Å². The van der Waals surface area contributed by atoms with Crippen molar-refractivity contribution in [3.05, 3.63) is 73.7 Å². The van der Waals surface area contributed by atoms with Crippen molar-refractivity contribution in [2.75, 3.05) is 7.11 Å². The van der Waals surface area contributed by atoms with Gasteiger partial charge in [-0.3, -0.25) is 9.59 Å². The highest BCUT2D eigenvalue weighted by Crippen LogP contribution is 2.22. The zero-order valence-corrected chi connectivity index (χ0v) is 14.7. The van der Waals surface area contributed by atoms with Crippen molar-refractivity contribution in [3.8, 4) is 5.75 Å². The third kappa shape index (κ3) is 3.51. The van der Waals surface area contributed by atoms with Crippen LogP contribution in [0.25, 0.3) is 10.1 Å². The van der Waals surface area contributed by atoms with Gasteiger partial charge in [-0.2, -0.15) is 0 Å². The lowest BCUT2D eigenvalue weighted by molar-refractivity contribution is 0.0992. The molecule has 0 aliphatic rings. The summed E-state index contributed by atoms with van der Waals surface area (Å²) in [6, 6.07) is 14.6. The molecule has 0 unspecified atom stereocenters. The van der Waals surface area contributed by atoms with Crippen molar-refractivity contribution in [2.24, 2.45) is 0 Å². The van der Waals surface area contributed by atoms with Gasteiger partial charge in [0.05, 0.1) is 12.7 Å². The van der Waals surface area contributed by atoms with Crippen LogP contribution in [0.2, 0.25) is 0 Å². The SMILES string of the molecule is COc1ccc(CC(=O)c2cc3cc(Br)ccc3sc2=O)cc1. The molecular weight excluding hydrogens is 376 g/mol. The Morgan fingerprint density at radius 2 is 1.87 bits per heavy atom. The Hall–Kier alpha value is -1.98. The minimum absolute atomic E-state index is 0.168. The first-order valence-electron chi connectivity index (χ1n) is 6.96. The number of ketones is 1. The Bertz CT molecular complexity index is 929. The predicted octanol–water partition coefficient (Wildman–Crippen LogP) is 4.46. The van der Waals surface area contributed by atoms with E-state index in [0.29, 0.717) is 0 Å². The maximum atomic E-state index is 12.5. The largest absolute Gasteiger partial charge is 0.497 e. The van der Waals surface area contributed by atoms with E-state index in [2.05, 4.69) is 15.9 Å². The molecule has 0 bridgehead atoms. The average Bonchev–Trinajstić information content (AvgIpc) is 2.55. The molecule has 0 radical (unpaired) electrons. The first kappa shape index (κ1) is 15.9. The van der Waals surface area contributed by atoms with Crippen LogP contribution < -0.4 is 9.48 Å². The number of benzene rings is 2. The van der Waals surface area contributed by atoms with Crippen molar-refractivity contribution in [1.29, 1.82) is 0 Å². The standard InChI is InChI=1S/C18H13BrO3S/c1-22-14-5-2-11(3-6-14)8-16(20)15-10-12-9-13(19)4-7-17(12)23-18(15)21/h2-7,9-10H,8H2,1H3. The summed E-state index contributed by atoms with van der Waals surface area (Å²) in [5.41, 5.74) is 1.10. The van der Waals surface area contributed by atoms with Crippen LogP contribution >= 0.6 is 27.3 Å². The second kappa shape index (κ2) is 6.64. The molecular formula is C18H13BrO3S.